The number of carbonyl (C=O) groups is 2. The zero-order chi connectivity index (χ0) is 13.1. The van der Waals surface area contributed by atoms with Crippen LogP contribution in [-0.4, -0.2) is 25.0 Å². The number of nitrogens with one attached hydrogen (secondary N) is 1. The van der Waals surface area contributed by atoms with Crippen molar-refractivity contribution in [2.24, 2.45) is 0 Å². The Labute approximate surface area is 68.0 Å². The van der Waals surface area contributed by atoms with Crippen LogP contribution in [0, 0.1) is 0 Å². The minimum Gasteiger partial charge on any atom is -0.467 e. The van der Waals surface area contributed by atoms with Crippen LogP contribution in [0.1, 0.15) is 22.0 Å². The molecule has 4 nitrogen and oxygen atoms in total. The molecule has 58 valence electrons. The number of ether oxygens (including phenoxy) is 1. The van der Waals surface area contributed by atoms with E-state index < -0.39 is 31.8 Å². The molecule has 0 fully saturated rings. The topological polar surface area (TPSA) is 55.4 Å². The summed E-state index contributed by atoms with van der Waals surface area (Å²) in [5.74, 6) is -2.57. The van der Waals surface area contributed by atoms with E-state index in [0.717, 1.165) is 6.92 Å². The Morgan fingerprint density at radius 1 is 1.70 bits per heavy atom. The molecule has 0 aliphatic carbocycles. The molecule has 0 aromatic heterocycles. The highest BCUT2D eigenvalue weighted by molar-refractivity contribution is 5.82. The molecule has 0 spiro atoms. The summed E-state index contributed by atoms with van der Waals surface area (Å²) < 4.78 is 44.0. The monoisotopic (exact) mass is 151 g/mol. The second-order valence-corrected chi connectivity index (χ2v) is 1.62. The molecule has 0 aromatic rings. The van der Waals surface area contributed by atoms with Crippen LogP contribution in [0.25, 0.3) is 0 Å². The van der Waals surface area contributed by atoms with Crippen molar-refractivity contribution in [3.8, 4) is 0 Å². The van der Waals surface area contributed by atoms with Crippen molar-refractivity contribution >= 4 is 11.9 Å². The minimum absolute atomic E-state index is 1.12. The Hall–Kier alpha value is -1.06. The number of hydrogen-bond donors (Lipinski definition) is 1. The molecule has 0 rings (SSSR count). The summed E-state index contributed by atoms with van der Waals surface area (Å²) in [6.07, 6.45) is 0. The molecule has 0 bridgehead atoms. The van der Waals surface area contributed by atoms with Gasteiger partial charge in [0.05, 0.1) is 11.2 Å². The smallest absolute Gasteiger partial charge is 0.328 e. The lowest BCUT2D eigenvalue weighted by atomic mass is 10.3. The fourth-order valence-electron chi connectivity index (χ4n) is 0.344. The highest BCUT2D eigenvalue weighted by Gasteiger charge is 2.12. The molecular weight excluding hydrogens is 134 g/mol. The maximum absolute atomic E-state index is 11.0. The summed E-state index contributed by atoms with van der Waals surface area (Å²) in [5.41, 5.74) is 0. The molecule has 10 heavy (non-hydrogen) atoms. The molecule has 0 saturated carbocycles. The number of esters is 1. The molecule has 0 unspecified atom stereocenters. The second kappa shape index (κ2) is 3.87. The van der Waals surface area contributed by atoms with E-state index in [1.807, 2.05) is 5.32 Å². The SMILES string of the molecule is [2H]C([2H])([2H])OC(=O)[C@H](C)NC(=O)C([2H])([2H])[2H]. The van der Waals surface area contributed by atoms with Crippen molar-refractivity contribution in [2.45, 2.75) is 19.8 Å². The van der Waals surface area contributed by atoms with E-state index in [2.05, 4.69) is 4.74 Å². The van der Waals surface area contributed by atoms with Gasteiger partial charge in [0.1, 0.15) is 6.04 Å². The molecule has 0 radical (unpaired) electrons. The summed E-state index contributed by atoms with van der Waals surface area (Å²) >= 11 is 0. The van der Waals surface area contributed by atoms with Gasteiger partial charge in [0.15, 0.2) is 0 Å². The number of hydrogen-bond acceptors (Lipinski definition) is 3. The van der Waals surface area contributed by atoms with Crippen LogP contribution >= 0.6 is 0 Å². The average molecular weight is 151 g/mol. The predicted molar refractivity (Wildman–Crippen MR) is 35.3 cm³/mol. The lowest BCUT2D eigenvalue weighted by molar-refractivity contribution is -0.144. The third-order valence-electron chi connectivity index (χ3n) is 0.802. The second-order valence-electron chi connectivity index (χ2n) is 1.62. The van der Waals surface area contributed by atoms with Gasteiger partial charge in [-0.3, -0.25) is 4.79 Å². The molecular formula is C6H11NO3. The van der Waals surface area contributed by atoms with Crippen molar-refractivity contribution in [1.29, 1.82) is 0 Å². The summed E-state index contributed by atoms with van der Waals surface area (Å²) in [7, 11) is -2.92. The first-order valence-corrected chi connectivity index (χ1v) is 2.47. The van der Waals surface area contributed by atoms with Crippen LogP contribution in [0.15, 0.2) is 0 Å². The van der Waals surface area contributed by atoms with E-state index >= 15 is 0 Å². The Bertz CT molecular complexity index is 283. The molecule has 1 atom stereocenters. The molecule has 1 N–H and O–H groups in total. The van der Waals surface area contributed by atoms with Gasteiger partial charge in [-0.05, 0) is 6.92 Å². The zero-order valence-electron chi connectivity index (χ0n) is 11.3. The van der Waals surface area contributed by atoms with Crippen molar-refractivity contribution in [2.75, 3.05) is 7.04 Å². The third-order valence-corrected chi connectivity index (χ3v) is 0.802. The Kier molecular flexibility index (Phi) is 1.12. The van der Waals surface area contributed by atoms with Crippen LogP contribution in [0.2, 0.25) is 0 Å². The van der Waals surface area contributed by atoms with E-state index in [0.29, 0.717) is 0 Å². The fourth-order valence-corrected chi connectivity index (χ4v) is 0.344. The third kappa shape index (κ3) is 3.06. The Morgan fingerprint density at radius 2 is 2.40 bits per heavy atom. The van der Waals surface area contributed by atoms with Crippen LogP contribution in [0.4, 0.5) is 0 Å². The number of carbonyl (C=O) groups excluding carboxylic acids is 2. The fraction of sp³-hybridized carbons (Fsp3) is 0.667. The first kappa shape index (κ1) is 2.90. The van der Waals surface area contributed by atoms with Gasteiger partial charge < -0.3 is 10.1 Å². The predicted octanol–water partition coefficient (Wildman–Crippen LogP) is -0.316. The van der Waals surface area contributed by atoms with Crippen molar-refractivity contribution < 1.29 is 22.6 Å². The largest absolute Gasteiger partial charge is 0.467 e. The summed E-state index contributed by atoms with van der Waals surface area (Å²) in [6, 6.07) is -1.34. The van der Waals surface area contributed by atoms with Gasteiger partial charge in [-0.15, -0.1) is 0 Å². The number of methoxy groups -OCH3 is 1. The molecule has 0 aliphatic rings. The lowest BCUT2D eigenvalue weighted by Gasteiger charge is -2.08. The van der Waals surface area contributed by atoms with Crippen molar-refractivity contribution in [3.05, 3.63) is 0 Å². The first-order valence-electron chi connectivity index (χ1n) is 5.47. The van der Waals surface area contributed by atoms with Gasteiger partial charge in [0.2, 0.25) is 5.91 Å². The summed E-state index contributed by atoms with van der Waals surface area (Å²) in [4.78, 5) is 22.0. The van der Waals surface area contributed by atoms with E-state index in [4.69, 9.17) is 8.22 Å². The quantitative estimate of drug-likeness (QED) is 0.550. The average Bonchev–Trinajstić information content (AvgIpc) is 1.98. The van der Waals surface area contributed by atoms with E-state index in [1.165, 1.54) is 0 Å². The van der Waals surface area contributed by atoms with Crippen LogP contribution in [0.3, 0.4) is 0 Å². The molecule has 0 heterocycles. The molecule has 4 heteroatoms. The first-order chi connectivity index (χ1) is 6.93. The van der Waals surface area contributed by atoms with Gasteiger partial charge in [-0.2, -0.15) is 0 Å². The Morgan fingerprint density at radius 3 is 2.90 bits per heavy atom. The van der Waals surface area contributed by atoms with Gasteiger partial charge in [0, 0.05) is 11.0 Å². The Balaban J connectivity index is 4.33. The number of amides is 1. The molecule has 0 aliphatic heterocycles. The van der Waals surface area contributed by atoms with E-state index in [9.17, 15) is 9.59 Å². The maximum atomic E-state index is 11.0. The molecule has 0 saturated heterocycles. The van der Waals surface area contributed by atoms with Gasteiger partial charge in [-0.1, -0.05) is 0 Å². The highest BCUT2D eigenvalue weighted by Crippen LogP contribution is 1.84. The van der Waals surface area contributed by atoms with E-state index in [1.54, 1.807) is 0 Å². The zero-order valence-corrected chi connectivity index (χ0v) is 5.30. The summed E-state index contributed by atoms with van der Waals surface area (Å²) in [5, 5.41) is 1.82. The lowest BCUT2D eigenvalue weighted by Crippen LogP contribution is -2.37. The van der Waals surface area contributed by atoms with Crippen LogP contribution in [-0.2, 0) is 14.3 Å². The summed E-state index contributed by atoms with van der Waals surface area (Å²) in [6.45, 7) is -1.77. The van der Waals surface area contributed by atoms with Crippen LogP contribution in [0.5, 0.6) is 0 Å². The van der Waals surface area contributed by atoms with Gasteiger partial charge in [-0.25, -0.2) is 4.79 Å². The van der Waals surface area contributed by atoms with Crippen molar-refractivity contribution in [3.63, 3.8) is 0 Å². The number of rotatable bonds is 2. The minimum atomic E-state index is -2.92. The van der Waals surface area contributed by atoms with Gasteiger partial charge >= 0.3 is 5.97 Å². The van der Waals surface area contributed by atoms with Crippen molar-refractivity contribution in [1.82, 2.24) is 5.32 Å². The standard InChI is InChI=1S/C6H11NO3/c1-4(6(9)10-3)7-5(2)8/h4H,1-3H3,(H,7,8)/t4-/m0/s1/i2D3,3D3. The van der Waals surface area contributed by atoms with Gasteiger partial charge in [0.25, 0.3) is 0 Å². The normalized spacial score (nSPS) is 23.3. The maximum Gasteiger partial charge on any atom is 0.328 e. The van der Waals surface area contributed by atoms with Crippen LogP contribution < -0.4 is 5.32 Å². The molecule has 0 aromatic carbocycles. The highest BCUT2D eigenvalue weighted by atomic mass is 16.5. The molecule has 1 amide bonds. The van der Waals surface area contributed by atoms with E-state index in [-0.39, 0.29) is 0 Å².